The molecule has 2 heterocycles. The van der Waals surface area contributed by atoms with Gasteiger partial charge in [-0.2, -0.15) is 18.3 Å². The number of anilines is 1. The second kappa shape index (κ2) is 15.7. The molecule has 0 saturated heterocycles. The Kier molecular flexibility index (Phi) is 11.5. The number of benzene rings is 3. The van der Waals surface area contributed by atoms with Gasteiger partial charge in [-0.25, -0.2) is 9.48 Å². The van der Waals surface area contributed by atoms with Crippen LogP contribution >= 0.6 is 0 Å². The highest BCUT2D eigenvalue weighted by molar-refractivity contribution is 6.04. The highest BCUT2D eigenvalue weighted by Crippen LogP contribution is 2.31. The molecular formula is C35H34F3N5O5. The number of rotatable bonds is 9. The molecule has 0 fully saturated rings. The van der Waals surface area contributed by atoms with Crippen LogP contribution in [0.3, 0.4) is 0 Å². The SMILES string of the molecule is C=C(CC(=O)NCc1ccccc1)C(=O)OC.CCN1C(=O)C(NC(=O)c2cccc(C(F)(F)F)c2)Cc2cnn(-c3ccccc3)c21. The molecule has 48 heavy (non-hydrogen) atoms. The number of aromatic nitrogens is 2. The zero-order chi connectivity index (χ0) is 34.8. The van der Waals surface area contributed by atoms with E-state index in [2.05, 4.69) is 27.0 Å². The lowest BCUT2D eigenvalue weighted by molar-refractivity contribution is -0.138. The molecule has 5 rings (SSSR count). The third-order valence-electron chi connectivity index (χ3n) is 7.32. The monoisotopic (exact) mass is 661 g/mol. The average molecular weight is 662 g/mol. The number of carbonyl (C=O) groups excluding carboxylic acids is 4. The molecule has 1 aliphatic heterocycles. The van der Waals surface area contributed by atoms with E-state index in [9.17, 15) is 32.3 Å². The van der Waals surface area contributed by atoms with Gasteiger partial charge in [0.05, 0.1) is 31.0 Å². The number of alkyl halides is 3. The number of nitrogens with zero attached hydrogens (tertiary/aromatic N) is 3. The first kappa shape index (κ1) is 35.1. The topological polar surface area (TPSA) is 123 Å². The molecule has 0 radical (unpaired) electrons. The van der Waals surface area contributed by atoms with Crippen molar-refractivity contribution in [1.82, 2.24) is 20.4 Å². The Bertz CT molecular complexity index is 1770. The third-order valence-corrected chi connectivity index (χ3v) is 7.32. The summed E-state index contributed by atoms with van der Waals surface area (Å²) in [5.41, 5.74) is 1.64. The molecule has 4 aromatic rings. The van der Waals surface area contributed by atoms with Crippen molar-refractivity contribution < 1.29 is 37.1 Å². The first-order valence-corrected chi connectivity index (χ1v) is 14.9. The minimum Gasteiger partial charge on any atom is -0.466 e. The quantitative estimate of drug-likeness (QED) is 0.192. The van der Waals surface area contributed by atoms with Gasteiger partial charge in [-0.05, 0) is 42.8 Å². The smallest absolute Gasteiger partial charge is 0.416 e. The molecular weight excluding hydrogens is 627 g/mol. The maximum atomic E-state index is 13.1. The molecule has 0 aliphatic carbocycles. The van der Waals surface area contributed by atoms with Crippen LogP contribution in [0.5, 0.6) is 0 Å². The lowest BCUT2D eigenvalue weighted by Crippen LogP contribution is -2.53. The lowest BCUT2D eigenvalue weighted by Gasteiger charge is -2.32. The molecule has 1 aliphatic rings. The fourth-order valence-corrected chi connectivity index (χ4v) is 4.93. The lowest BCUT2D eigenvalue weighted by atomic mass is 10.0. The van der Waals surface area contributed by atoms with Gasteiger partial charge in [0, 0.05) is 36.2 Å². The fraction of sp³-hybridized carbons (Fsp3) is 0.229. The van der Waals surface area contributed by atoms with Crippen molar-refractivity contribution in [3.8, 4) is 5.69 Å². The number of amides is 3. The number of nitrogens with one attached hydrogen (secondary N) is 2. The van der Waals surface area contributed by atoms with Gasteiger partial charge in [0.15, 0.2) is 0 Å². The number of methoxy groups -OCH3 is 1. The predicted octanol–water partition coefficient (Wildman–Crippen LogP) is 5.02. The van der Waals surface area contributed by atoms with E-state index >= 15 is 0 Å². The molecule has 13 heteroatoms. The van der Waals surface area contributed by atoms with E-state index in [4.69, 9.17) is 0 Å². The Hall–Kier alpha value is -5.72. The largest absolute Gasteiger partial charge is 0.466 e. The highest BCUT2D eigenvalue weighted by Gasteiger charge is 2.37. The molecule has 1 unspecified atom stereocenters. The zero-order valence-electron chi connectivity index (χ0n) is 26.3. The van der Waals surface area contributed by atoms with Crippen LogP contribution in [-0.2, 0) is 38.3 Å². The van der Waals surface area contributed by atoms with E-state index in [-0.39, 0.29) is 35.8 Å². The summed E-state index contributed by atoms with van der Waals surface area (Å²) in [6.07, 6.45) is -2.76. The van der Waals surface area contributed by atoms with Crippen LogP contribution in [0.1, 0.15) is 40.4 Å². The summed E-state index contributed by atoms with van der Waals surface area (Å²) >= 11 is 0. The summed E-state index contributed by atoms with van der Waals surface area (Å²) in [5.74, 6) is -1.25. The molecule has 3 aromatic carbocycles. The molecule has 3 amide bonds. The Labute approximate surface area is 275 Å². The van der Waals surface area contributed by atoms with Crippen molar-refractivity contribution in [3.05, 3.63) is 126 Å². The van der Waals surface area contributed by atoms with Crippen LogP contribution in [0.2, 0.25) is 0 Å². The van der Waals surface area contributed by atoms with Crippen molar-refractivity contribution >= 4 is 29.5 Å². The van der Waals surface area contributed by atoms with Crippen LogP contribution in [0.25, 0.3) is 5.69 Å². The van der Waals surface area contributed by atoms with Gasteiger partial charge >= 0.3 is 12.1 Å². The van der Waals surface area contributed by atoms with Gasteiger partial charge in [-0.3, -0.25) is 19.3 Å². The Morgan fingerprint density at radius 2 is 1.67 bits per heavy atom. The molecule has 0 spiro atoms. The minimum atomic E-state index is -4.56. The summed E-state index contributed by atoms with van der Waals surface area (Å²) < 4.78 is 45.0. The van der Waals surface area contributed by atoms with Crippen molar-refractivity contribution in [2.24, 2.45) is 0 Å². The van der Waals surface area contributed by atoms with E-state index in [1.807, 2.05) is 60.7 Å². The number of esters is 1. The van der Waals surface area contributed by atoms with E-state index in [1.54, 1.807) is 17.8 Å². The number of hydrogen-bond acceptors (Lipinski definition) is 6. The van der Waals surface area contributed by atoms with Crippen LogP contribution in [-0.4, -0.2) is 53.2 Å². The molecule has 10 nitrogen and oxygen atoms in total. The van der Waals surface area contributed by atoms with Gasteiger partial charge in [-0.15, -0.1) is 0 Å². The van der Waals surface area contributed by atoms with Crippen LogP contribution in [0.15, 0.2) is 103 Å². The normalized spacial score (nSPS) is 13.8. The first-order chi connectivity index (χ1) is 22.9. The van der Waals surface area contributed by atoms with Gasteiger partial charge in [0.25, 0.3) is 11.8 Å². The molecule has 0 saturated carbocycles. The van der Waals surface area contributed by atoms with E-state index < -0.39 is 29.7 Å². The number of likely N-dealkylation sites (N-methyl/N-ethyl adjacent to an activating group) is 1. The van der Waals surface area contributed by atoms with E-state index in [1.165, 1.54) is 24.1 Å². The van der Waals surface area contributed by atoms with Gasteiger partial charge in [0.1, 0.15) is 11.9 Å². The number of fused-ring (bicyclic) bond motifs is 1. The summed E-state index contributed by atoms with van der Waals surface area (Å²) in [7, 11) is 1.26. The average Bonchev–Trinajstić information content (AvgIpc) is 3.51. The van der Waals surface area contributed by atoms with Crippen molar-refractivity contribution in [3.63, 3.8) is 0 Å². The second-order valence-electron chi connectivity index (χ2n) is 10.7. The molecule has 250 valence electrons. The molecule has 2 N–H and O–H groups in total. The van der Waals surface area contributed by atoms with Gasteiger partial charge < -0.3 is 15.4 Å². The Balaban J connectivity index is 0.000000260. The molecule has 1 aromatic heterocycles. The maximum absolute atomic E-state index is 13.1. The fourth-order valence-electron chi connectivity index (χ4n) is 4.93. The van der Waals surface area contributed by atoms with Crippen molar-refractivity contribution in [2.75, 3.05) is 18.6 Å². The number of para-hydroxylation sites is 1. The van der Waals surface area contributed by atoms with Gasteiger partial charge in [0.2, 0.25) is 5.91 Å². The third kappa shape index (κ3) is 8.75. The molecule has 0 bridgehead atoms. The predicted molar refractivity (Wildman–Crippen MR) is 172 cm³/mol. The Morgan fingerprint density at radius 1 is 1.00 bits per heavy atom. The first-order valence-electron chi connectivity index (χ1n) is 14.9. The number of hydrogen-bond donors (Lipinski definition) is 2. The van der Waals surface area contributed by atoms with Crippen LogP contribution in [0.4, 0.5) is 19.0 Å². The highest BCUT2D eigenvalue weighted by atomic mass is 19.4. The molecule has 1 atom stereocenters. The summed E-state index contributed by atoms with van der Waals surface area (Å²) in [5, 5.41) is 9.68. The van der Waals surface area contributed by atoms with Gasteiger partial charge in [-0.1, -0.05) is 61.2 Å². The van der Waals surface area contributed by atoms with Crippen LogP contribution < -0.4 is 15.5 Å². The Morgan fingerprint density at radius 3 is 2.29 bits per heavy atom. The number of halogens is 3. The number of ether oxygens (including phenoxy) is 1. The zero-order valence-corrected chi connectivity index (χ0v) is 26.3. The summed E-state index contributed by atoms with van der Waals surface area (Å²) in [6.45, 7) is 6.08. The van der Waals surface area contributed by atoms with Crippen LogP contribution in [0, 0.1) is 0 Å². The minimum absolute atomic E-state index is 0.0422. The van der Waals surface area contributed by atoms with E-state index in [0.717, 1.165) is 28.9 Å². The summed E-state index contributed by atoms with van der Waals surface area (Å²) in [6, 6.07) is 22.1. The van der Waals surface area contributed by atoms with E-state index in [0.29, 0.717) is 18.9 Å². The van der Waals surface area contributed by atoms with Crippen molar-refractivity contribution in [2.45, 2.75) is 38.5 Å². The summed E-state index contributed by atoms with van der Waals surface area (Å²) in [4.78, 5) is 49.7. The second-order valence-corrected chi connectivity index (χ2v) is 10.7. The van der Waals surface area contributed by atoms with Crippen molar-refractivity contribution in [1.29, 1.82) is 0 Å². The number of carbonyl (C=O) groups is 4. The standard InChI is InChI=1S/C22H19F3N4O2.C13H15NO3/c1-2-28-20-15(13-26-29(20)17-9-4-3-5-10-17)12-18(21(28)31)27-19(30)14-7-6-8-16(11-14)22(23,24)25;1-10(13(16)17-2)8-12(15)14-9-11-6-4-3-5-7-11/h3-11,13,18H,2,12H2,1H3,(H,27,30);3-7H,1,8-9H2,2H3,(H,14,15). The maximum Gasteiger partial charge on any atom is 0.416 e.